The molecule has 1 N–H and O–H groups in total. The van der Waals surface area contributed by atoms with Gasteiger partial charge in [-0.2, -0.15) is 5.10 Å². The summed E-state index contributed by atoms with van der Waals surface area (Å²) in [5.74, 6) is 1.37. The van der Waals surface area contributed by atoms with Crippen molar-refractivity contribution in [3.8, 4) is 11.3 Å². The molecule has 0 bridgehead atoms. The standard InChI is InChI=1S/C27H28BrN5O/c1-18(2)17-33-26-23(24(31-33)19-7-4-3-5-8-19)25(20-10-12-21(28)13-11-20)32(27(26)34)16-6-9-22-29-14-15-30-22/h3-5,7-8,10-15,18,25H,6,9,16-17H2,1-2H3,(H,29,30). The van der Waals surface area contributed by atoms with Crippen molar-refractivity contribution in [2.45, 2.75) is 39.3 Å². The van der Waals surface area contributed by atoms with Crippen LogP contribution in [0.25, 0.3) is 11.3 Å². The number of hydrogen-bond donors (Lipinski definition) is 1. The Morgan fingerprint density at radius 1 is 1.09 bits per heavy atom. The zero-order valence-electron chi connectivity index (χ0n) is 19.4. The van der Waals surface area contributed by atoms with E-state index in [0.717, 1.165) is 51.2 Å². The number of H-pyrrole nitrogens is 1. The number of nitrogens with one attached hydrogen (secondary N) is 1. The molecular formula is C27H28BrN5O. The minimum atomic E-state index is -0.177. The van der Waals surface area contributed by atoms with Gasteiger partial charge in [-0.3, -0.25) is 9.48 Å². The number of halogens is 1. The fraction of sp³-hybridized carbons (Fsp3) is 0.296. The largest absolute Gasteiger partial charge is 0.349 e. The van der Waals surface area contributed by atoms with Crippen LogP contribution in [-0.4, -0.2) is 37.1 Å². The zero-order chi connectivity index (χ0) is 23.7. The molecule has 1 amide bonds. The number of fused-ring (bicyclic) bond motifs is 1. The normalized spacial score (nSPS) is 15.4. The van der Waals surface area contributed by atoms with Crippen LogP contribution in [0.3, 0.4) is 0 Å². The predicted octanol–water partition coefficient (Wildman–Crippen LogP) is 5.87. The summed E-state index contributed by atoms with van der Waals surface area (Å²) in [6.45, 7) is 5.66. The van der Waals surface area contributed by atoms with Gasteiger partial charge in [0.15, 0.2) is 0 Å². The number of imidazole rings is 1. The van der Waals surface area contributed by atoms with E-state index in [1.807, 2.05) is 46.1 Å². The van der Waals surface area contributed by atoms with Gasteiger partial charge in [-0.05, 0) is 30.0 Å². The van der Waals surface area contributed by atoms with E-state index in [2.05, 4.69) is 64.0 Å². The summed E-state index contributed by atoms with van der Waals surface area (Å²) in [7, 11) is 0. The summed E-state index contributed by atoms with van der Waals surface area (Å²) in [6.07, 6.45) is 5.23. The third-order valence-corrected chi connectivity index (χ3v) is 6.70. The molecule has 1 aliphatic heterocycles. The Bertz CT molecular complexity index is 1260. The number of amides is 1. The minimum Gasteiger partial charge on any atom is -0.349 e. The first-order valence-electron chi connectivity index (χ1n) is 11.7. The van der Waals surface area contributed by atoms with Crippen molar-refractivity contribution < 1.29 is 4.79 Å². The molecule has 174 valence electrons. The first-order valence-corrected chi connectivity index (χ1v) is 12.5. The number of rotatable bonds is 8. The maximum absolute atomic E-state index is 13.9. The Labute approximate surface area is 208 Å². The zero-order valence-corrected chi connectivity index (χ0v) is 21.0. The van der Waals surface area contributed by atoms with Gasteiger partial charge in [0, 0.05) is 47.5 Å². The first-order chi connectivity index (χ1) is 16.5. The maximum Gasteiger partial charge on any atom is 0.273 e. The molecule has 7 heteroatoms. The first kappa shape index (κ1) is 22.6. The molecule has 0 spiro atoms. The molecular weight excluding hydrogens is 490 g/mol. The summed E-state index contributed by atoms with van der Waals surface area (Å²) in [5, 5.41) is 4.99. The van der Waals surface area contributed by atoms with Crippen LogP contribution in [0.5, 0.6) is 0 Å². The molecule has 1 atom stereocenters. The molecule has 0 saturated heterocycles. The van der Waals surface area contributed by atoms with E-state index in [-0.39, 0.29) is 11.9 Å². The predicted molar refractivity (Wildman–Crippen MR) is 136 cm³/mol. The number of carbonyl (C=O) groups is 1. The highest BCUT2D eigenvalue weighted by atomic mass is 79.9. The molecule has 1 unspecified atom stereocenters. The second-order valence-electron chi connectivity index (χ2n) is 9.14. The number of aromatic nitrogens is 4. The minimum absolute atomic E-state index is 0.0534. The highest BCUT2D eigenvalue weighted by Crippen LogP contribution is 2.44. The van der Waals surface area contributed by atoms with E-state index in [9.17, 15) is 4.79 Å². The van der Waals surface area contributed by atoms with Crippen molar-refractivity contribution in [3.05, 3.63) is 94.1 Å². The van der Waals surface area contributed by atoms with Crippen molar-refractivity contribution in [2.24, 2.45) is 5.92 Å². The summed E-state index contributed by atoms with van der Waals surface area (Å²) in [5.41, 5.74) is 4.75. The molecule has 0 fully saturated rings. The molecule has 2 aromatic heterocycles. The quantitative estimate of drug-likeness (QED) is 0.317. The fourth-order valence-electron chi connectivity index (χ4n) is 4.73. The molecule has 2 aromatic carbocycles. The van der Waals surface area contributed by atoms with Gasteiger partial charge in [-0.25, -0.2) is 4.98 Å². The number of carbonyl (C=O) groups excluding carboxylic acids is 1. The Morgan fingerprint density at radius 3 is 2.53 bits per heavy atom. The summed E-state index contributed by atoms with van der Waals surface area (Å²) >= 11 is 3.55. The van der Waals surface area contributed by atoms with Crippen LogP contribution < -0.4 is 0 Å². The van der Waals surface area contributed by atoms with E-state index in [1.165, 1.54) is 0 Å². The summed E-state index contributed by atoms with van der Waals surface area (Å²) in [4.78, 5) is 23.4. The van der Waals surface area contributed by atoms with Gasteiger partial charge in [0.2, 0.25) is 0 Å². The van der Waals surface area contributed by atoms with E-state index in [4.69, 9.17) is 5.10 Å². The van der Waals surface area contributed by atoms with Crippen molar-refractivity contribution >= 4 is 21.8 Å². The average molecular weight is 518 g/mol. The van der Waals surface area contributed by atoms with E-state index in [1.54, 1.807) is 6.20 Å². The highest BCUT2D eigenvalue weighted by Gasteiger charge is 2.43. The Morgan fingerprint density at radius 2 is 1.85 bits per heavy atom. The van der Waals surface area contributed by atoms with Crippen LogP contribution in [0.15, 0.2) is 71.5 Å². The molecule has 34 heavy (non-hydrogen) atoms. The van der Waals surface area contributed by atoms with E-state index >= 15 is 0 Å². The topological polar surface area (TPSA) is 66.8 Å². The van der Waals surface area contributed by atoms with Gasteiger partial charge in [-0.1, -0.05) is 72.2 Å². The van der Waals surface area contributed by atoms with Crippen LogP contribution in [0, 0.1) is 5.92 Å². The SMILES string of the molecule is CC(C)Cn1nc(-c2ccccc2)c2c1C(=O)N(CCCc1ncc[nH]1)C2c1ccc(Br)cc1. The molecule has 1 aliphatic rings. The number of aryl methyl sites for hydroxylation is 1. The molecule has 3 heterocycles. The molecule has 0 radical (unpaired) electrons. The Balaban J connectivity index is 1.60. The van der Waals surface area contributed by atoms with Gasteiger partial charge >= 0.3 is 0 Å². The lowest BCUT2D eigenvalue weighted by atomic mass is 9.96. The van der Waals surface area contributed by atoms with Crippen LogP contribution >= 0.6 is 15.9 Å². The second kappa shape index (κ2) is 9.58. The molecule has 0 aliphatic carbocycles. The van der Waals surface area contributed by atoms with Gasteiger partial charge in [0.25, 0.3) is 5.91 Å². The van der Waals surface area contributed by atoms with Crippen LogP contribution in [-0.2, 0) is 13.0 Å². The lowest BCUT2D eigenvalue weighted by Gasteiger charge is -2.26. The van der Waals surface area contributed by atoms with Crippen LogP contribution in [0.2, 0.25) is 0 Å². The van der Waals surface area contributed by atoms with Gasteiger partial charge in [0.05, 0.1) is 11.7 Å². The molecule has 5 rings (SSSR count). The molecule has 4 aromatic rings. The Kier molecular flexibility index (Phi) is 6.37. The number of hydrogen-bond acceptors (Lipinski definition) is 3. The van der Waals surface area contributed by atoms with Gasteiger partial charge in [0.1, 0.15) is 11.5 Å². The highest BCUT2D eigenvalue weighted by molar-refractivity contribution is 9.10. The second-order valence-corrected chi connectivity index (χ2v) is 10.1. The molecule has 6 nitrogen and oxygen atoms in total. The Hall–Kier alpha value is -3.19. The van der Waals surface area contributed by atoms with Crippen molar-refractivity contribution in [1.82, 2.24) is 24.6 Å². The average Bonchev–Trinajstić information content (AvgIpc) is 3.53. The lowest BCUT2D eigenvalue weighted by Crippen LogP contribution is -2.32. The summed E-state index contributed by atoms with van der Waals surface area (Å²) < 4.78 is 2.95. The molecule has 0 saturated carbocycles. The maximum atomic E-state index is 13.9. The third kappa shape index (κ3) is 4.32. The number of benzene rings is 2. The van der Waals surface area contributed by atoms with Gasteiger partial charge < -0.3 is 9.88 Å². The summed E-state index contributed by atoms with van der Waals surface area (Å²) in [6, 6.07) is 18.3. The smallest absolute Gasteiger partial charge is 0.273 e. The van der Waals surface area contributed by atoms with E-state index < -0.39 is 0 Å². The van der Waals surface area contributed by atoms with Crippen LogP contribution in [0.1, 0.15) is 53.7 Å². The fourth-order valence-corrected chi connectivity index (χ4v) is 4.99. The lowest BCUT2D eigenvalue weighted by molar-refractivity contribution is 0.0735. The van der Waals surface area contributed by atoms with E-state index in [0.29, 0.717) is 19.0 Å². The monoisotopic (exact) mass is 517 g/mol. The number of aromatic amines is 1. The van der Waals surface area contributed by atoms with Crippen molar-refractivity contribution in [1.29, 1.82) is 0 Å². The number of nitrogens with zero attached hydrogens (tertiary/aromatic N) is 4. The van der Waals surface area contributed by atoms with Crippen molar-refractivity contribution in [3.63, 3.8) is 0 Å². The van der Waals surface area contributed by atoms with Crippen LogP contribution in [0.4, 0.5) is 0 Å². The van der Waals surface area contributed by atoms with Crippen molar-refractivity contribution in [2.75, 3.05) is 6.54 Å². The van der Waals surface area contributed by atoms with Gasteiger partial charge in [-0.15, -0.1) is 0 Å². The third-order valence-electron chi connectivity index (χ3n) is 6.18.